The third-order valence-corrected chi connectivity index (χ3v) is 7.07. The normalized spacial score (nSPS) is 14.4. The van der Waals surface area contributed by atoms with Crippen LogP contribution in [0.2, 0.25) is 0 Å². The van der Waals surface area contributed by atoms with Gasteiger partial charge >= 0.3 is 0 Å². The number of rotatable bonds is 6. The fourth-order valence-corrected chi connectivity index (χ4v) is 4.96. The summed E-state index contributed by atoms with van der Waals surface area (Å²) in [5, 5.41) is 3.92. The number of aromatic nitrogens is 1. The molecule has 0 bridgehead atoms. The Morgan fingerprint density at radius 2 is 1.70 bits per heavy atom. The maximum Gasteiger partial charge on any atom is 0.258 e. The van der Waals surface area contributed by atoms with Crippen molar-refractivity contribution in [2.75, 3.05) is 25.5 Å². The molecular formula is C31H32FN3O2. The molecule has 1 aliphatic rings. The lowest BCUT2D eigenvalue weighted by Gasteiger charge is -2.20. The molecule has 6 heteroatoms. The minimum Gasteiger partial charge on any atom is -0.497 e. The van der Waals surface area contributed by atoms with E-state index < -0.39 is 11.7 Å². The molecule has 0 spiro atoms. The highest BCUT2D eigenvalue weighted by Crippen LogP contribution is 2.27. The van der Waals surface area contributed by atoms with Crippen molar-refractivity contribution >= 4 is 22.5 Å². The number of carbonyl (C=O) groups excluding carboxylic acids is 1. The van der Waals surface area contributed by atoms with Crippen LogP contribution >= 0.6 is 0 Å². The molecule has 190 valence electrons. The van der Waals surface area contributed by atoms with E-state index in [4.69, 9.17) is 4.74 Å². The van der Waals surface area contributed by atoms with E-state index in [1.54, 1.807) is 13.2 Å². The second-order valence-corrected chi connectivity index (χ2v) is 9.77. The molecule has 37 heavy (non-hydrogen) atoms. The van der Waals surface area contributed by atoms with Crippen LogP contribution in [0.4, 0.5) is 10.1 Å². The summed E-state index contributed by atoms with van der Waals surface area (Å²) >= 11 is 0. The van der Waals surface area contributed by atoms with Crippen LogP contribution in [0.1, 0.15) is 47.2 Å². The fraction of sp³-hybridized carbons (Fsp3) is 0.290. The number of methoxy groups -OCH3 is 1. The van der Waals surface area contributed by atoms with Crippen LogP contribution in [0.25, 0.3) is 22.0 Å². The summed E-state index contributed by atoms with van der Waals surface area (Å²) in [5.41, 5.74) is 5.07. The lowest BCUT2D eigenvalue weighted by atomic mass is 10.0. The third-order valence-electron chi connectivity index (χ3n) is 7.07. The molecule has 4 aromatic rings. The Morgan fingerprint density at radius 3 is 2.41 bits per heavy atom. The van der Waals surface area contributed by atoms with E-state index in [0.717, 1.165) is 47.4 Å². The van der Waals surface area contributed by atoms with Gasteiger partial charge in [0.15, 0.2) is 0 Å². The second-order valence-electron chi connectivity index (χ2n) is 9.77. The van der Waals surface area contributed by atoms with Crippen LogP contribution in [-0.2, 0) is 6.54 Å². The zero-order chi connectivity index (χ0) is 25.8. The predicted octanol–water partition coefficient (Wildman–Crippen LogP) is 6.99. The quantitative estimate of drug-likeness (QED) is 0.312. The average Bonchev–Trinajstić information content (AvgIpc) is 3.18. The number of anilines is 1. The van der Waals surface area contributed by atoms with Gasteiger partial charge in [0.1, 0.15) is 11.6 Å². The molecule has 1 aliphatic heterocycles. The van der Waals surface area contributed by atoms with Crippen LogP contribution < -0.4 is 10.1 Å². The maximum absolute atomic E-state index is 14.9. The van der Waals surface area contributed by atoms with E-state index in [1.807, 2.05) is 49.5 Å². The summed E-state index contributed by atoms with van der Waals surface area (Å²) in [6.45, 7) is 5.13. The van der Waals surface area contributed by atoms with Crippen molar-refractivity contribution in [3.8, 4) is 16.9 Å². The highest BCUT2D eigenvalue weighted by atomic mass is 19.1. The molecule has 0 radical (unpaired) electrons. The molecule has 1 aromatic heterocycles. The van der Waals surface area contributed by atoms with E-state index in [1.165, 1.54) is 43.4 Å². The first-order chi connectivity index (χ1) is 18.0. The van der Waals surface area contributed by atoms with Gasteiger partial charge in [0, 0.05) is 23.8 Å². The molecule has 3 aromatic carbocycles. The number of nitrogens with zero attached hydrogens (tertiary/aromatic N) is 2. The summed E-state index contributed by atoms with van der Waals surface area (Å²) in [4.78, 5) is 20.1. The summed E-state index contributed by atoms with van der Waals surface area (Å²) < 4.78 is 20.1. The first kappa shape index (κ1) is 24.9. The van der Waals surface area contributed by atoms with E-state index in [0.29, 0.717) is 11.3 Å². The third kappa shape index (κ3) is 5.81. The van der Waals surface area contributed by atoms with Gasteiger partial charge in [0.2, 0.25) is 0 Å². The van der Waals surface area contributed by atoms with Crippen LogP contribution in [0.3, 0.4) is 0 Å². The van der Waals surface area contributed by atoms with E-state index in [9.17, 15) is 9.18 Å². The second kappa shape index (κ2) is 11.1. The smallest absolute Gasteiger partial charge is 0.258 e. The topological polar surface area (TPSA) is 54.5 Å². The first-order valence-electron chi connectivity index (χ1n) is 12.9. The molecule has 1 N–H and O–H groups in total. The van der Waals surface area contributed by atoms with Crippen LogP contribution in [0, 0.1) is 12.7 Å². The van der Waals surface area contributed by atoms with Gasteiger partial charge in [-0.2, -0.15) is 0 Å². The zero-order valence-corrected chi connectivity index (χ0v) is 21.4. The molecule has 5 nitrogen and oxygen atoms in total. The summed E-state index contributed by atoms with van der Waals surface area (Å²) in [6.07, 6.45) is 7.07. The van der Waals surface area contributed by atoms with E-state index in [-0.39, 0.29) is 5.56 Å². The van der Waals surface area contributed by atoms with Crippen LogP contribution in [0.15, 0.2) is 66.9 Å². The van der Waals surface area contributed by atoms with E-state index >= 15 is 0 Å². The van der Waals surface area contributed by atoms with Crippen molar-refractivity contribution in [3.05, 3.63) is 89.4 Å². The highest BCUT2D eigenvalue weighted by Gasteiger charge is 2.16. The summed E-state index contributed by atoms with van der Waals surface area (Å²) in [7, 11) is 1.60. The van der Waals surface area contributed by atoms with Crippen molar-refractivity contribution in [2.24, 2.45) is 0 Å². The Balaban J connectivity index is 1.31. The predicted molar refractivity (Wildman–Crippen MR) is 147 cm³/mol. The highest BCUT2D eigenvalue weighted by molar-refractivity contribution is 6.06. The molecule has 2 heterocycles. The average molecular weight is 498 g/mol. The van der Waals surface area contributed by atoms with Gasteiger partial charge in [-0.05, 0) is 97.6 Å². The van der Waals surface area contributed by atoms with Gasteiger partial charge in [-0.1, -0.05) is 31.0 Å². The lowest BCUT2D eigenvalue weighted by molar-refractivity contribution is 0.102. The van der Waals surface area contributed by atoms with Gasteiger partial charge in [0.25, 0.3) is 5.91 Å². The number of pyridine rings is 1. The number of ether oxygens (including phenoxy) is 1. The number of likely N-dealkylation sites (tertiary alicyclic amines) is 1. The molecule has 0 unspecified atom stereocenters. The Morgan fingerprint density at radius 1 is 0.973 bits per heavy atom. The van der Waals surface area contributed by atoms with Gasteiger partial charge < -0.3 is 10.1 Å². The molecule has 1 amide bonds. The molecule has 1 fully saturated rings. The number of fused-ring (bicyclic) bond motifs is 1. The number of carbonyl (C=O) groups is 1. The molecule has 5 rings (SSSR count). The minimum atomic E-state index is -0.569. The SMILES string of the molecule is COc1ccc(-c2ccc(C(=O)Nc3cc4ncc(CN5CCCCCC5)cc4cc3C)c(F)c2)cc1. The number of benzene rings is 3. The number of aryl methyl sites for hydroxylation is 1. The lowest BCUT2D eigenvalue weighted by Crippen LogP contribution is -2.24. The monoisotopic (exact) mass is 497 g/mol. The summed E-state index contributed by atoms with van der Waals surface area (Å²) in [5.74, 6) is -0.325. The summed E-state index contributed by atoms with van der Waals surface area (Å²) in [6, 6.07) is 18.1. The van der Waals surface area contributed by atoms with Crippen molar-refractivity contribution < 1.29 is 13.9 Å². The minimum absolute atomic E-state index is 0.00230. The fourth-order valence-electron chi connectivity index (χ4n) is 4.96. The van der Waals surface area contributed by atoms with Gasteiger partial charge in [-0.3, -0.25) is 14.7 Å². The number of hydrogen-bond acceptors (Lipinski definition) is 4. The number of amides is 1. The van der Waals surface area contributed by atoms with Gasteiger partial charge in [-0.15, -0.1) is 0 Å². The Kier molecular flexibility index (Phi) is 7.47. The van der Waals surface area contributed by atoms with E-state index in [2.05, 4.69) is 21.3 Å². The van der Waals surface area contributed by atoms with Crippen molar-refractivity contribution in [1.82, 2.24) is 9.88 Å². The van der Waals surface area contributed by atoms with Gasteiger partial charge in [-0.25, -0.2) is 4.39 Å². The number of nitrogens with one attached hydrogen (secondary N) is 1. The molecule has 0 aliphatic carbocycles. The largest absolute Gasteiger partial charge is 0.497 e. The Bertz CT molecular complexity index is 1410. The standard InChI is InChI=1S/C31H32FN3O2/c1-21-15-25-16-22(20-35-13-5-3-4-6-14-35)19-33-30(25)18-29(21)34-31(36)27-12-9-24(17-28(27)32)23-7-10-26(37-2)11-8-23/h7-12,15-19H,3-6,13-14,20H2,1-2H3,(H,34,36). The molecule has 0 saturated carbocycles. The Hall–Kier alpha value is -3.77. The Labute approximate surface area is 217 Å². The van der Waals surface area contributed by atoms with Crippen LogP contribution in [-0.4, -0.2) is 36.0 Å². The molecular weight excluding hydrogens is 465 g/mol. The zero-order valence-electron chi connectivity index (χ0n) is 21.4. The molecule has 0 atom stereocenters. The first-order valence-corrected chi connectivity index (χ1v) is 12.9. The van der Waals surface area contributed by atoms with Gasteiger partial charge in [0.05, 0.1) is 18.2 Å². The number of hydrogen-bond donors (Lipinski definition) is 1. The van der Waals surface area contributed by atoms with Crippen LogP contribution in [0.5, 0.6) is 5.75 Å². The van der Waals surface area contributed by atoms with Crippen molar-refractivity contribution in [1.29, 1.82) is 0 Å². The molecule has 1 saturated heterocycles. The number of halogens is 1. The maximum atomic E-state index is 14.9. The van der Waals surface area contributed by atoms with Crippen molar-refractivity contribution in [3.63, 3.8) is 0 Å². The van der Waals surface area contributed by atoms with Crippen molar-refractivity contribution in [2.45, 2.75) is 39.2 Å².